The predicted octanol–water partition coefficient (Wildman–Crippen LogP) is 3.24. The average molecular weight is 367 g/mol. The molecule has 0 fully saturated rings. The summed E-state index contributed by atoms with van der Waals surface area (Å²) < 4.78 is 38.9. The van der Waals surface area contributed by atoms with Crippen LogP contribution in [-0.2, 0) is 6.18 Å². The summed E-state index contributed by atoms with van der Waals surface area (Å²) in [6, 6.07) is 9.04. The largest absolute Gasteiger partial charge is 0.478 e. The second kappa shape index (κ2) is 7.31. The van der Waals surface area contributed by atoms with Gasteiger partial charge in [0.25, 0.3) is 0 Å². The number of carboxylic acid groups (broad SMARTS) is 1. The van der Waals surface area contributed by atoms with Crippen molar-refractivity contribution in [3.8, 4) is 11.1 Å². The lowest BCUT2D eigenvalue weighted by molar-refractivity contribution is -0.137. The Morgan fingerprint density at radius 3 is 2.32 bits per heavy atom. The van der Waals surface area contributed by atoms with Gasteiger partial charge in [0.1, 0.15) is 0 Å². The Kier molecular flexibility index (Phi) is 5.38. The van der Waals surface area contributed by atoms with Crippen molar-refractivity contribution in [3.05, 3.63) is 59.2 Å². The number of nitrogens with one attached hydrogen (secondary N) is 1. The molecule has 5 nitrogen and oxygen atoms in total. The van der Waals surface area contributed by atoms with Gasteiger partial charge in [0.05, 0.1) is 17.3 Å². The molecule has 130 valence electrons. The topological polar surface area (TPSA) is 87.7 Å². The van der Waals surface area contributed by atoms with Crippen LogP contribution >= 0.6 is 12.2 Å². The molecule has 0 unspecified atom stereocenters. The highest BCUT2D eigenvalue weighted by molar-refractivity contribution is 7.80. The lowest BCUT2D eigenvalue weighted by Gasteiger charge is -2.11. The average Bonchev–Trinajstić information content (AvgIpc) is 2.54. The first-order valence-electron chi connectivity index (χ1n) is 6.81. The summed E-state index contributed by atoms with van der Waals surface area (Å²) in [4.78, 5) is 11.1. The summed E-state index contributed by atoms with van der Waals surface area (Å²) >= 11 is 4.58. The second-order valence-electron chi connectivity index (χ2n) is 4.96. The van der Waals surface area contributed by atoms with Gasteiger partial charge in [-0.05, 0) is 47.1 Å². The van der Waals surface area contributed by atoms with Crippen molar-refractivity contribution in [2.24, 2.45) is 10.8 Å². The normalized spacial score (nSPS) is 11.5. The molecule has 2 aromatic carbocycles. The molecule has 0 amide bonds. The number of nitrogens with zero attached hydrogens (tertiary/aromatic N) is 1. The maximum Gasteiger partial charge on any atom is 0.416 e. The summed E-state index contributed by atoms with van der Waals surface area (Å²) in [5, 5.41) is 12.8. The highest BCUT2D eigenvalue weighted by Gasteiger charge is 2.31. The second-order valence-corrected chi connectivity index (χ2v) is 5.40. The van der Waals surface area contributed by atoms with E-state index in [2.05, 4.69) is 22.7 Å². The smallest absolute Gasteiger partial charge is 0.416 e. The van der Waals surface area contributed by atoms with E-state index < -0.39 is 23.3 Å². The van der Waals surface area contributed by atoms with Crippen LogP contribution < -0.4 is 11.2 Å². The van der Waals surface area contributed by atoms with Crippen molar-refractivity contribution in [2.45, 2.75) is 6.18 Å². The van der Waals surface area contributed by atoms with Crippen LogP contribution in [0.3, 0.4) is 0 Å². The highest BCUT2D eigenvalue weighted by Crippen LogP contribution is 2.33. The molecular formula is C16H12F3N3O2S. The molecular weight excluding hydrogens is 355 g/mol. The number of rotatable bonds is 4. The van der Waals surface area contributed by atoms with Gasteiger partial charge in [-0.3, -0.25) is 5.43 Å². The molecule has 0 bridgehead atoms. The van der Waals surface area contributed by atoms with Gasteiger partial charge in [0, 0.05) is 0 Å². The van der Waals surface area contributed by atoms with Crippen molar-refractivity contribution >= 4 is 29.5 Å². The number of carbonyl (C=O) groups is 1. The van der Waals surface area contributed by atoms with Crippen molar-refractivity contribution in [1.82, 2.24) is 5.43 Å². The number of halogens is 3. The Morgan fingerprint density at radius 1 is 1.16 bits per heavy atom. The molecule has 2 aromatic rings. The van der Waals surface area contributed by atoms with Gasteiger partial charge in [-0.2, -0.15) is 18.3 Å². The Morgan fingerprint density at radius 2 is 1.80 bits per heavy atom. The van der Waals surface area contributed by atoms with E-state index in [0.717, 1.165) is 6.07 Å². The van der Waals surface area contributed by atoms with E-state index >= 15 is 0 Å². The van der Waals surface area contributed by atoms with E-state index in [9.17, 15) is 18.0 Å². The first kappa shape index (κ1) is 18.4. The molecule has 0 heterocycles. The molecule has 9 heteroatoms. The van der Waals surface area contributed by atoms with E-state index in [0.29, 0.717) is 17.2 Å². The first-order valence-corrected chi connectivity index (χ1v) is 7.22. The monoisotopic (exact) mass is 367 g/mol. The summed E-state index contributed by atoms with van der Waals surface area (Å²) in [6.45, 7) is 0. The highest BCUT2D eigenvalue weighted by atomic mass is 32.1. The fourth-order valence-electron chi connectivity index (χ4n) is 2.01. The molecule has 0 radical (unpaired) electrons. The van der Waals surface area contributed by atoms with Gasteiger partial charge < -0.3 is 10.8 Å². The third-order valence-corrected chi connectivity index (χ3v) is 3.23. The summed E-state index contributed by atoms with van der Waals surface area (Å²) in [5.74, 6) is -1.43. The van der Waals surface area contributed by atoms with Crippen molar-refractivity contribution in [3.63, 3.8) is 0 Å². The SMILES string of the molecule is NC(=S)NN=Cc1ccc(-c2cc(C(=O)O)cc(C(F)(F)F)c2)cc1. The van der Waals surface area contributed by atoms with Gasteiger partial charge >= 0.3 is 12.1 Å². The van der Waals surface area contributed by atoms with Crippen LogP contribution in [-0.4, -0.2) is 22.4 Å². The van der Waals surface area contributed by atoms with E-state index in [1.807, 2.05) is 0 Å². The van der Waals surface area contributed by atoms with Crippen molar-refractivity contribution < 1.29 is 23.1 Å². The number of thiocarbonyl (C=S) groups is 1. The number of alkyl halides is 3. The van der Waals surface area contributed by atoms with Crippen LogP contribution in [0.5, 0.6) is 0 Å². The lowest BCUT2D eigenvalue weighted by atomic mass is 9.98. The van der Waals surface area contributed by atoms with E-state index in [1.165, 1.54) is 12.3 Å². The van der Waals surface area contributed by atoms with E-state index in [1.54, 1.807) is 24.3 Å². The third kappa shape index (κ3) is 5.01. The number of carboxylic acids is 1. The molecule has 4 N–H and O–H groups in total. The van der Waals surface area contributed by atoms with E-state index in [4.69, 9.17) is 10.8 Å². The minimum absolute atomic E-state index is 0.00182. The van der Waals surface area contributed by atoms with Crippen LogP contribution in [0.4, 0.5) is 13.2 Å². The van der Waals surface area contributed by atoms with E-state index in [-0.39, 0.29) is 10.7 Å². The number of benzene rings is 2. The zero-order valence-electron chi connectivity index (χ0n) is 12.5. The van der Waals surface area contributed by atoms with Gasteiger partial charge in [-0.1, -0.05) is 24.3 Å². The molecule has 0 aliphatic carbocycles. The zero-order chi connectivity index (χ0) is 18.6. The van der Waals surface area contributed by atoms with Gasteiger partial charge in [-0.15, -0.1) is 0 Å². The van der Waals surface area contributed by atoms with Crippen LogP contribution in [0.1, 0.15) is 21.5 Å². The fraction of sp³-hybridized carbons (Fsp3) is 0.0625. The Balaban J connectivity index is 2.37. The minimum atomic E-state index is -4.64. The third-order valence-electron chi connectivity index (χ3n) is 3.14. The Labute approximate surface area is 146 Å². The van der Waals surface area contributed by atoms with Crippen LogP contribution in [0.2, 0.25) is 0 Å². The van der Waals surface area contributed by atoms with Crippen molar-refractivity contribution in [2.75, 3.05) is 0 Å². The van der Waals surface area contributed by atoms with Crippen molar-refractivity contribution in [1.29, 1.82) is 0 Å². The van der Waals surface area contributed by atoms with Crippen LogP contribution in [0, 0.1) is 0 Å². The summed E-state index contributed by atoms with van der Waals surface area (Å²) in [7, 11) is 0. The lowest BCUT2D eigenvalue weighted by Crippen LogP contribution is -2.23. The fourth-order valence-corrected chi connectivity index (χ4v) is 2.07. The standard InChI is InChI=1S/C16H12F3N3O2S/c17-16(18,19)13-6-11(5-12(7-13)14(23)24)10-3-1-9(2-4-10)8-21-22-15(20)25/h1-8H,(H,23,24)(H3,20,22,25). The number of hydrogen-bond donors (Lipinski definition) is 3. The van der Waals surface area contributed by atoms with Crippen LogP contribution in [0.25, 0.3) is 11.1 Å². The molecule has 0 saturated heterocycles. The van der Waals surface area contributed by atoms with Crippen LogP contribution in [0.15, 0.2) is 47.6 Å². The molecule has 0 atom stereocenters. The molecule has 0 aliphatic heterocycles. The minimum Gasteiger partial charge on any atom is -0.478 e. The number of hydrazone groups is 1. The number of aromatic carboxylic acids is 1. The number of nitrogens with two attached hydrogens (primary N) is 1. The quantitative estimate of drug-likeness (QED) is 0.439. The van der Waals surface area contributed by atoms with Gasteiger partial charge in [0.15, 0.2) is 5.11 Å². The predicted molar refractivity (Wildman–Crippen MR) is 91.4 cm³/mol. The molecule has 25 heavy (non-hydrogen) atoms. The zero-order valence-corrected chi connectivity index (χ0v) is 13.4. The molecule has 0 aromatic heterocycles. The molecule has 2 rings (SSSR count). The molecule has 0 aliphatic rings. The Hall–Kier alpha value is -2.94. The number of hydrogen-bond acceptors (Lipinski definition) is 3. The maximum absolute atomic E-state index is 13.0. The molecule has 0 saturated carbocycles. The Bertz CT molecular complexity index is 834. The maximum atomic E-state index is 13.0. The van der Waals surface area contributed by atoms with Gasteiger partial charge in [0.2, 0.25) is 0 Å². The molecule has 0 spiro atoms. The first-order chi connectivity index (χ1) is 11.7. The van der Waals surface area contributed by atoms with Gasteiger partial charge in [-0.25, -0.2) is 4.79 Å². The summed E-state index contributed by atoms with van der Waals surface area (Å²) in [5.41, 5.74) is 7.37. The summed E-state index contributed by atoms with van der Waals surface area (Å²) in [6.07, 6.45) is -3.21.